The molecule has 0 aliphatic heterocycles. The molecule has 30 heavy (non-hydrogen) atoms. The van der Waals surface area contributed by atoms with Crippen molar-refractivity contribution in [3.63, 3.8) is 0 Å². The van der Waals surface area contributed by atoms with Crippen LogP contribution in [0.2, 0.25) is 5.02 Å². The van der Waals surface area contributed by atoms with Crippen LogP contribution in [0, 0.1) is 0 Å². The summed E-state index contributed by atoms with van der Waals surface area (Å²) in [6.07, 6.45) is -4.70. The van der Waals surface area contributed by atoms with Gasteiger partial charge in [0, 0.05) is 16.8 Å². The third kappa shape index (κ3) is 6.26. The number of nitrogens with one attached hydrogen (secondary N) is 2. The Morgan fingerprint density at radius 2 is 1.87 bits per heavy atom. The Morgan fingerprint density at radius 3 is 2.50 bits per heavy atom. The van der Waals surface area contributed by atoms with Crippen molar-refractivity contribution in [3.8, 4) is 11.5 Å². The smallest absolute Gasteiger partial charge is 0.495 e. The Bertz CT molecular complexity index is 1030. The average molecular weight is 458 g/mol. The van der Waals surface area contributed by atoms with Gasteiger partial charge in [-0.25, -0.2) is 4.98 Å². The first-order valence-electron chi connectivity index (χ1n) is 8.42. The number of alkyl halides is 3. The molecule has 0 unspecified atom stereocenters. The summed E-state index contributed by atoms with van der Waals surface area (Å²) in [5, 5.41) is 8.28. The van der Waals surface area contributed by atoms with Gasteiger partial charge in [0.15, 0.2) is 5.13 Å². The highest BCUT2D eigenvalue weighted by Gasteiger charge is 2.30. The Labute approximate surface area is 178 Å². The Morgan fingerprint density at radius 1 is 1.17 bits per heavy atom. The van der Waals surface area contributed by atoms with E-state index in [1.54, 1.807) is 23.6 Å². The largest absolute Gasteiger partial charge is 0.573 e. The maximum absolute atomic E-state index is 12.2. The molecule has 158 valence electrons. The first-order valence-corrected chi connectivity index (χ1v) is 9.68. The topological polar surface area (TPSA) is 72.5 Å². The highest BCUT2D eigenvalue weighted by molar-refractivity contribution is 7.13. The van der Waals surface area contributed by atoms with Gasteiger partial charge in [-0.05, 0) is 42.5 Å². The van der Waals surface area contributed by atoms with Crippen molar-refractivity contribution >= 4 is 45.4 Å². The van der Waals surface area contributed by atoms with Gasteiger partial charge in [-0.2, -0.15) is 0 Å². The van der Waals surface area contributed by atoms with Crippen LogP contribution in [0.3, 0.4) is 0 Å². The quantitative estimate of drug-likeness (QED) is 0.481. The number of thiazole rings is 1. The molecule has 0 saturated carbocycles. The summed E-state index contributed by atoms with van der Waals surface area (Å²) in [4.78, 5) is 16.5. The number of halogens is 4. The van der Waals surface area contributed by atoms with Crippen LogP contribution in [0.1, 0.15) is 5.69 Å². The van der Waals surface area contributed by atoms with E-state index in [0.29, 0.717) is 33.0 Å². The number of aromatic nitrogens is 1. The Balaban J connectivity index is 1.55. The summed E-state index contributed by atoms with van der Waals surface area (Å²) >= 11 is 7.30. The Kier molecular flexibility index (Phi) is 6.68. The average Bonchev–Trinajstić information content (AvgIpc) is 3.09. The fourth-order valence-corrected chi connectivity index (χ4v) is 3.41. The summed E-state index contributed by atoms with van der Waals surface area (Å²) in [6.45, 7) is 0. The third-order valence-electron chi connectivity index (χ3n) is 3.67. The molecule has 1 heterocycles. The standard InChI is InChI=1S/C19H15ClF3N3O3S/c1-28-16-7-4-12(8-15(16)20)24-17(27)9-13-10-30-18(26-13)25-11-2-5-14(6-3-11)29-19(21,22)23/h2-8,10H,9H2,1H3,(H,24,27)(H,25,26). The van der Waals surface area contributed by atoms with Crippen molar-refractivity contribution in [1.29, 1.82) is 0 Å². The third-order valence-corrected chi connectivity index (χ3v) is 4.77. The number of hydrogen-bond acceptors (Lipinski definition) is 6. The number of carbonyl (C=O) groups excluding carboxylic acids is 1. The molecule has 2 aromatic carbocycles. The molecule has 0 aliphatic rings. The number of carbonyl (C=O) groups is 1. The molecule has 0 spiro atoms. The molecule has 0 radical (unpaired) electrons. The predicted molar refractivity (Wildman–Crippen MR) is 109 cm³/mol. The molecular weight excluding hydrogens is 443 g/mol. The zero-order chi connectivity index (χ0) is 21.7. The van der Waals surface area contributed by atoms with Gasteiger partial charge in [0.1, 0.15) is 11.5 Å². The van der Waals surface area contributed by atoms with Crippen molar-refractivity contribution in [2.75, 3.05) is 17.7 Å². The second-order valence-electron chi connectivity index (χ2n) is 5.92. The van der Waals surface area contributed by atoms with Crippen molar-refractivity contribution in [2.45, 2.75) is 12.8 Å². The summed E-state index contributed by atoms with van der Waals surface area (Å²) < 4.78 is 45.5. The summed E-state index contributed by atoms with van der Waals surface area (Å²) in [5.41, 5.74) is 1.60. The molecule has 0 aliphatic carbocycles. The number of benzene rings is 2. The minimum atomic E-state index is -4.74. The van der Waals surface area contributed by atoms with Crippen molar-refractivity contribution in [2.24, 2.45) is 0 Å². The number of rotatable bonds is 7. The van der Waals surface area contributed by atoms with Crippen LogP contribution in [-0.4, -0.2) is 24.4 Å². The summed E-state index contributed by atoms with van der Waals surface area (Å²) in [6, 6.07) is 10.1. The van der Waals surface area contributed by atoms with E-state index >= 15 is 0 Å². The van der Waals surface area contributed by atoms with Crippen LogP contribution in [0.15, 0.2) is 47.8 Å². The van der Waals surface area contributed by atoms with Gasteiger partial charge in [-0.1, -0.05) is 11.6 Å². The van der Waals surface area contributed by atoms with E-state index in [4.69, 9.17) is 16.3 Å². The molecule has 6 nitrogen and oxygen atoms in total. The van der Waals surface area contributed by atoms with Crippen molar-refractivity contribution in [3.05, 3.63) is 58.6 Å². The van der Waals surface area contributed by atoms with Crippen LogP contribution < -0.4 is 20.1 Å². The maximum atomic E-state index is 12.2. The van der Waals surface area contributed by atoms with Gasteiger partial charge >= 0.3 is 6.36 Å². The van der Waals surface area contributed by atoms with E-state index < -0.39 is 6.36 Å². The lowest BCUT2D eigenvalue weighted by Crippen LogP contribution is -2.16. The molecule has 2 N–H and O–H groups in total. The van der Waals surface area contributed by atoms with Gasteiger partial charge in [0.25, 0.3) is 0 Å². The number of ether oxygens (including phenoxy) is 2. The van der Waals surface area contributed by atoms with Crippen LogP contribution in [0.5, 0.6) is 11.5 Å². The first kappa shape index (κ1) is 21.7. The van der Waals surface area contributed by atoms with Crippen molar-refractivity contribution in [1.82, 2.24) is 4.98 Å². The van der Waals surface area contributed by atoms with E-state index in [9.17, 15) is 18.0 Å². The zero-order valence-corrected chi connectivity index (χ0v) is 17.0. The molecular formula is C19H15ClF3N3O3S. The minimum absolute atomic E-state index is 0.0419. The molecule has 1 amide bonds. The molecule has 0 saturated heterocycles. The number of anilines is 3. The zero-order valence-electron chi connectivity index (χ0n) is 15.4. The lowest BCUT2D eigenvalue weighted by Gasteiger charge is -2.09. The van der Waals surface area contributed by atoms with Gasteiger partial charge in [-0.3, -0.25) is 4.79 Å². The van der Waals surface area contributed by atoms with Gasteiger partial charge in [0.2, 0.25) is 5.91 Å². The van der Waals surface area contributed by atoms with Crippen LogP contribution >= 0.6 is 22.9 Å². The second-order valence-corrected chi connectivity index (χ2v) is 7.18. The van der Waals surface area contributed by atoms with E-state index in [0.717, 1.165) is 0 Å². The maximum Gasteiger partial charge on any atom is 0.573 e. The number of nitrogens with zero attached hydrogens (tertiary/aromatic N) is 1. The molecule has 3 rings (SSSR count). The molecule has 0 bridgehead atoms. The van der Waals surface area contributed by atoms with Gasteiger partial charge < -0.3 is 20.1 Å². The SMILES string of the molecule is COc1ccc(NC(=O)Cc2csc(Nc3ccc(OC(F)(F)F)cc3)n2)cc1Cl. The van der Waals surface area contributed by atoms with E-state index in [-0.39, 0.29) is 18.1 Å². The van der Waals surface area contributed by atoms with E-state index in [1.165, 1.54) is 42.7 Å². The molecule has 0 atom stereocenters. The fourth-order valence-electron chi connectivity index (χ4n) is 2.42. The number of methoxy groups -OCH3 is 1. The molecule has 11 heteroatoms. The van der Waals surface area contributed by atoms with Gasteiger partial charge in [0.05, 0.1) is 24.2 Å². The van der Waals surface area contributed by atoms with Crippen molar-refractivity contribution < 1.29 is 27.4 Å². The molecule has 1 aromatic heterocycles. The normalized spacial score (nSPS) is 11.1. The predicted octanol–water partition coefficient (Wildman–Crippen LogP) is 5.63. The first-order chi connectivity index (χ1) is 14.2. The lowest BCUT2D eigenvalue weighted by molar-refractivity contribution is -0.274. The lowest BCUT2D eigenvalue weighted by atomic mass is 10.2. The Hall–Kier alpha value is -2.98. The number of hydrogen-bond donors (Lipinski definition) is 2. The van der Waals surface area contributed by atoms with Crippen LogP contribution in [0.4, 0.5) is 29.7 Å². The highest BCUT2D eigenvalue weighted by Crippen LogP contribution is 2.28. The second kappa shape index (κ2) is 9.23. The fraction of sp³-hybridized carbons (Fsp3) is 0.158. The summed E-state index contributed by atoms with van der Waals surface area (Å²) in [5.74, 6) is -0.0900. The molecule has 3 aromatic rings. The van der Waals surface area contributed by atoms with E-state index in [2.05, 4.69) is 20.4 Å². The monoisotopic (exact) mass is 457 g/mol. The molecule has 0 fully saturated rings. The van der Waals surface area contributed by atoms with Crippen LogP contribution in [0.25, 0.3) is 0 Å². The number of amides is 1. The summed E-state index contributed by atoms with van der Waals surface area (Å²) in [7, 11) is 1.50. The van der Waals surface area contributed by atoms with Gasteiger partial charge in [-0.15, -0.1) is 24.5 Å². The van der Waals surface area contributed by atoms with Crippen LogP contribution in [-0.2, 0) is 11.2 Å². The van der Waals surface area contributed by atoms with E-state index in [1.807, 2.05) is 0 Å². The highest BCUT2D eigenvalue weighted by atomic mass is 35.5. The minimum Gasteiger partial charge on any atom is -0.495 e.